The van der Waals surface area contributed by atoms with E-state index in [0.717, 1.165) is 22.0 Å². The standard InChI is InChI=1S/C19H19BrFN5O.ClH/c20-13-4-2-12(3-5-13)18-23-24-19(27)26(18)17-11-25(9-1-8-22)16-7-6-14(21)10-15(16)17;/h2-7,10-11,19,24,27H,1,8-9,22H2;1H. The number of benzene rings is 2. The number of halogens is 3. The molecule has 0 saturated carbocycles. The molecule has 3 aromatic rings. The number of aromatic nitrogens is 1. The summed E-state index contributed by atoms with van der Waals surface area (Å²) >= 11 is 3.42. The topological polar surface area (TPSA) is 78.8 Å². The van der Waals surface area contributed by atoms with Gasteiger partial charge in [0.15, 0.2) is 5.84 Å². The molecule has 0 fully saturated rings. The van der Waals surface area contributed by atoms with Crippen molar-refractivity contribution in [2.45, 2.75) is 19.3 Å². The van der Waals surface area contributed by atoms with Crippen molar-refractivity contribution in [2.24, 2.45) is 10.8 Å². The third kappa shape index (κ3) is 3.73. The van der Waals surface area contributed by atoms with Crippen LogP contribution in [0.5, 0.6) is 0 Å². The van der Waals surface area contributed by atoms with E-state index in [1.165, 1.54) is 12.1 Å². The van der Waals surface area contributed by atoms with E-state index in [0.29, 0.717) is 30.0 Å². The van der Waals surface area contributed by atoms with Gasteiger partial charge in [-0.2, -0.15) is 5.10 Å². The van der Waals surface area contributed by atoms with Crippen molar-refractivity contribution >= 4 is 50.8 Å². The molecule has 0 radical (unpaired) electrons. The first-order valence-corrected chi connectivity index (χ1v) is 9.42. The van der Waals surface area contributed by atoms with E-state index >= 15 is 0 Å². The fourth-order valence-corrected chi connectivity index (χ4v) is 3.55. The quantitative estimate of drug-likeness (QED) is 0.536. The van der Waals surface area contributed by atoms with Crippen LogP contribution in [0.15, 0.2) is 58.2 Å². The number of nitrogens with two attached hydrogens (primary N) is 1. The van der Waals surface area contributed by atoms with Crippen LogP contribution >= 0.6 is 28.3 Å². The number of hydrazone groups is 1. The molecule has 2 heterocycles. The molecule has 0 spiro atoms. The van der Waals surface area contributed by atoms with Crippen LogP contribution in [-0.4, -0.2) is 28.4 Å². The zero-order valence-corrected chi connectivity index (χ0v) is 17.3. The minimum absolute atomic E-state index is 0. The summed E-state index contributed by atoms with van der Waals surface area (Å²) < 4.78 is 16.9. The molecule has 0 bridgehead atoms. The number of nitrogens with zero attached hydrogens (tertiary/aromatic N) is 3. The first-order valence-electron chi connectivity index (χ1n) is 8.63. The first-order chi connectivity index (χ1) is 13.1. The van der Waals surface area contributed by atoms with E-state index in [1.54, 1.807) is 11.0 Å². The van der Waals surface area contributed by atoms with Crippen LogP contribution in [0, 0.1) is 5.82 Å². The lowest BCUT2D eigenvalue weighted by atomic mass is 10.1. The average molecular weight is 469 g/mol. The molecule has 148 valence electrons. The molecular weight excluding hydrogens is 449 g/mol. The van der Waals surface area contributed by atoms with Gasteiger partial charge in [-0.05, 0) is 43.3 Å². The SMILES string of the molecule is Cl.NCCCn1cc(N2C(c3ccc(Br)cc3)=NNC2O)c2cc(F)ccc21. The molecule has 4 N–H and O–H groups in total. The maximum absolute atomic E-state index is 14.0. The molecule has 4 rings (SSSR count). The molecule has 9 heteroatoms. The zero-order valence-electron chi connectivity index (χ0n) is 14.8. The van der Waals surface area contributed by atoms with Crippen molar-refractivity contribution in [3.8, 4) is 0 Å². The number of anilines is 1. The number of fused-ring (bicyclic) bond motifs is 1. The fourth-order valence-electron chi connectivity index (χ4n) is 3.28. The van der Waals surface area contributed by atoms with E-state index in [2.05, 4.69) is 26.5 Å². The normalized spacial score (nSPS) is 16.1. The van der Waals surface area contributed by atoms with E-state index < -0.39 is 6.35 Å². The lowest BCUT2D eigenvalue weighted by Crippen LogP contribution is -2.40. The van der Waals surface area contributed by atoms with Gasteiger partial charge in [-0.25, -0.2) is 4.39 Å². The number of rotatable bonds is 5. The van der Waals surface area contributed by atoms with Gasteiger partial charge in [0, 0.05) is 28.2 Å². The Hall–Kier alpha value is -2.13. The Morgan fingerprint density at radius 1 is 1.21 bits per heavy atom. The maximum Gasteiger partial charge on any atom is 0.226 e. The van der Waals surface area contributed by atoms with Crippen molar-refractivity contribution < 1.29 is 9.50 Å². The summed E-state index contributed by atoms with van der Waals surface area (Å²) in [6, 6.07) is 12.3. The Morgan fingerprint density at radius 3 is 2.68 bits per heavy atom. The number of aliphatic hydroxyl groups is 1. The summed E-state index contributed by atoms with van der Waals surface area (Å²) in [5.41, 5.74) is 10.7. The number of hydrogen-bond donors (Lipinski definition) is 3. The molecule has 0 amide bonds. The predicted octanol–water partition coefficient (Wildman–Crippen LogP) is 3.36. The van der Waals surface area contributed by atoms with Gasteiger partial charge in [0.1, 0.15) is 5.82 Å². The molecule has 28 heavy (non-hydrogen) atoms. The Balaban J connectivity index is 0.00000225. The van der Waals surface area contributed by atoms with Crippen molar-refractivity contribution in [1.82, 2.24) is 9.99 Å². The minimum atomic E-state index is -1.04. The van der Waals surface area contributed by atoms with E-state index in [-0.39, 0.29) is 18.2 Å². The molecule has 2 aromatic carbocycles. The molecule has 1 aliphatic rings. The van der Waals surface area contributed by atoms with Crippen LogP contribution in [0.1, 0.15) is 12.0 Å². The van der Waals surface area contributed by atoms with Crippen molar-refractivity contribution in [3.05, 3.63) is 64.5 Å². The van der Waals surface area contributed by atoms with Gasteiger partial charge >= 0.3 is 0 Å². The second-order valence-corrected chi connectivity index (χ2v) is 7.24. The van der Waals surface area contributed by atoms with Crippen molar-refractivity contribution in [2.75, 3.05) is 11.4 Å². The lowest BCUT2D eigenvalue weighted by molar-refractivity contribution is 0.159. The molecule has 1 aliphatic heterocycles. The molecule has 1 aromatic heterocycles. The van der Waals surface area contributed by atoms with Crippen molar-refractivity contribution in [3.63, 3.8) is 0 Å². The number of hydrogen-bond acceptors (Lipinski definition) is 5. The Labute approximate surface area is 176 Å². The Morgan fingerprint density at radius 2 is 1.96 bits per heavy atom. The summed E-state index contributed by atoms with van der Waals surface area (Å²) in [4.78, 5) is 1.67. The summed E-state index contributed by atoms with van der Waals surface area (Å²) in [6.07, 6.45) is 1.67. The van der Waals surface area contributed by atoms with Crippen LogP contribution in [0.4, 0.5) is 10.1 Å². The van der Waals surface area contributed by atoms with Crippen LogP contribution < -0.4 is 16.1 Å². The molecule has 0 saturated heterocycles. The van der Waals surface area contributed by atoms with Gasteiger partial charge in [0.05, 0.1) is 11.2 Å². The monoisotopic (exact) mass is 467 g/mol. The highest BCUT2D eigenvalue weighted by Crippen LogP contribution is 2.33. The van der Waals surface area contributed by atoms with Gasteiger partial charge < -0.3 is 15.4 Å². The summed E-state index contributed by atoms with van der Waals surface area (Å²) in [6.45, 7) is 1.27. The van der Waals surface area contributed by atoms with E-state index in [1.807, 2.05) is 35.0 Å². The highest BCUT2D eigenvalue weighted by atomic mass is 79.9. The number of amidine groups is 1. The van der Waals surface area contributed by atoms with Gasteiger partial charge in [0.2, 0.25) is 6.35 Å². The van der Waals surface area contributed by atoms with Crippen LogP contribution in [0.2, 0.25) is 0 Å². The van der Waals surface area contributed by atoms with E-state index in [9.17, 15) is 9.50 Å². The fraction of sp³-hybridized carbons (Fsp3) is 0.211. The third-order valence-corrected chi connectivity index (χ3v) is 5.07. The van der Waals surface area contributed by atoms with Gasteiger partial charge in [0.25, 0.3) is 0 Å². The van der Waals surface area contributed by atoms with Crippen LogP contribution in [-0.2, 0) is 6.54 Å². The molecular formula is C19H20BrClFN5O. The highest BCUT2D eigenvalue weighted by molar-refractivity contribution is 9.10. The molecule has 1 unspecified atom stereocenters. The zero-order chi connectivity index (χ0) is 19.0. The number of aryl methyl sites for hydroxylation is 1. The molecule has 0 aliphatic carbocycles. The largest absolute Gasteiger partial charge is 0.355 e. The second-order valence-electron chi connectivity index (χ2n) is 6.33. The van der Waals surface area contributed by atoms with Gasteiger partial charge in [-0.15, -0.1) is 12.4 Å². The van der Waals surface area contributed by atoms with Crippen LogP contribution in [0.3, 0.4) is 0 Å². The summed E-state index contributed by atoms with van der Waals surface area (Å²) in [5.74, 6) is 0.237. The minimum Gasteiger partial charge on any atom is -0.355 e. The first kappa shape index (κ1) is 20.6. The van der Waals surface area contributed by atoms with Gasteiger partial charge in [-0.3, -0.25) is 10.3 Å². The average Bonchev–Trinajstić information content (AvgIpc) is 3.20. The van der Waals surface area contributed by atoms with Crippen molar-refractivity contribution in [1.29, 1.82) is 0 Å². The lowest BCUT2D eigenvalue weighted by Gasteiger charge is -2.22. The third-order valence-electron chi connectivity index (χ3n) is 4.55. The highest BCUT2D eigenvalue weighted by Gasteiger charge is 2.31. The predicted molar refractivity (Wildman–Crippen MR) is 115 cm³/mol. The number of aliphatic hydroxyl groups excluding tert-OH is 1. The Kier molecular flexibility index (Phi) is 6.24. The summed E-state index contributed by atoms with van der Waals surface area (Å²) in [7, 11) is 0. The summed E-state index contributed by atoms with van der Waals surface area (Å²) in [5, 5.41) is 15.5. The second kappa shape index (κ2) is 8.48. The van der Waals surface area contributed by atoms with E-state index in [4.69, 9.17) is 5.73 Å². The maximum atomic E-state index is 14.0. The molecule has 6 nitrogen and oxygen atoms in total. The molecule has 1 atom stereocenters. The van der Waals surface area contributed by atoms with Crippen LogP contribution in [0.25, 0.3) is 10.9 Å². The number of nitrogens with one attached hydrogen (secondary N) is 1. The van der Waals surface area contributed by atoms with Gasteiger partial charge in [-0.1, -0.05) is 28.1 Å². The smallest absolute Gasteiger partial charge is 0.226 e. The Bertz CT molecular complexity index is 1010.